The summed E-state index contributed by atoms with van der Waals surface area (Å²) in [6, 6.07) is 3.09. The zero-order chi connectivity index (χ0) is 17.5. The number of rotatable bonds is 4. The first-order valence-corrected chi connectivity index (χ1v) is 7.98. The summed E-state index contributed by atoms with van der Waals surface area (Å²) in [5, 5.41) is 10.0. The van der Waals surface area contributed by atoms with Crippen molar-refractivity contribution < 1.29 is 18.4 Å². The molecule has 7 heteroatoms. The van der Waals surface area contributed by atoms with Gasteiger partial charge in [-0.3, -0.25) is 14.6 Å². The average Bonchev–Trinajstić information content (AvgIpc) is 3.32. The van der Waals surface area contributed by atoms with Crippen LogP contribution in [0.15, 0.2) is 18.5 Å². The number of halogens is 2. The van der Waals surface area contributed by atoms with Crippen LogP contribution in [0.4, 0.5) is 8.78 Å². The molecule has 1 aromatic heterocycles. The molecule has 1 atom stereocenters. The second-order valence-corrected chi connectivity index (χ2v) is 6.91. The van der Waals surface area contributed by atoms with Gasteiger partial charge in [-0.25, -0.2) is 13.8 Å². The minimum Gasteiger partial charge on any atom is -0.272 e. The third-order valence-corrected chi connectivity index (χ3v) is 4.84. The molecule has 0 spiro atoms. The molecule has 1 aromatic rings. The summed E-state index contributed by atoms with van der Waals surface area (Å²) in [5.74, 6) is -4.54. The Kier molecular flexibility index (Phi) is 4.04. The van der Waals surface area contributed by atoms with Crippen molar-refractivity contribution in [3.05, 3.63) is 29.6 Å². The molecule has 24 heavy (non-hydrogen) atoms. The molecule has 2 heterocycles. The summed E-state index contributed by atoms with van der Waals surface area (Å²) < 4.78 is 29.2. The van der Waals surface area contributed by atoms with Crippen LogP contribution in [0.2, 0.25) is 0 Å². The lowest BCUT2D eigenvalue weighted by Crippen LogP contribution is -2.51. The molecule has 128 valence electrons. The monoisotopic (exact) mass is 335 g/mol. The van der Waals surface area contributed by atoms with Crippen LogP contribution in [-0.2, 0) is 9.63 Å². The van der Waals surface area contributed by atoms with E-state index in [1.54, 1.807) is 6.07 Å². The van der Waals surface area contributed by atoms with Crippen molar-refractivity contribution >= 4 is 5.91 Å². The molecule has 1 amide bonds. The molecule has 1 saturated heterocycles. The van der Waals surface area contributed by atoms with Gasteiger partial charge >= 0.3 is 0 Å². The van der Waals surface area contributed by atoms with E-state index in [9.17, 15) is 13.6 Å². The largest absolute Gasteiger partial charge is 0.272 e. The summed E-state index contributed by atoms with van der Waals surface area (Å²) in [6.07, 6.45) is 4.32. The van der Waals surface area contributed by atoms with Crippen LogP contribution in [0.1, 0.15) is 50.3 Å². The molecule has 0 radical (unpaired) electrons. The van der Waals surface area contributed by atoms with E-state index in [0.29, 0.717) is 30.4 Å². The number of nitrogens with zero attached hydrogens (tertiary/aromatic N) is 3. The Morgan fingerprint density at radius 3 is 2.71 bits per heavy atom. The first kappa shape index (κ1) is 16.8. The molecule has 2 aliphatic rings. The maximum Gasteiger partial charge on any atom is 0.264 e. The van der Waals surface area contributed by atoms with E-state index in [1.807, 2.05) is 6.07 Å². The zero-order valence-corrected chi connectivity index (χ0v) is 13.6. The quantitative estimate of drug-likeness (QED) is 0.847. The first-order chi connectivity index (χ1) is 11.3. The molecule has 1 aliphatic heterocycles. The lowest BCUT2D eigenvalue weighted by Gasteiger charge is -2.37. The third-order valence-electron chi connectivity index (χ3n) is 4.84. The smallest absolute Gasteiger partial charge is 0.264 e. The lowest BCUT2D eigenvalue weighted by molar-refractivity contribution is -0.209. The first-order valence-electron chi connectivity index (χ1n) is 7.98. The van der Waals surface area contributed by atoms with Gasteiger partial charge in [-0.2, -0.15) is 5.26 Å². The number of pyridine rings is 1. The average molecular weight is 335 g/mol. The number of alkyl halides is 2. The number of carbonyl (C=O) groups excluding carboxylic acids is 1. The van der Waals surface area contributed by atoms with Crippen molar-refractivity contribution in [2.45, 2.75) is 45.1 Å². The number of amides is 1. The minimum absolute atomic E-state index is 0.262. The highest BCUT2D eigenvalue weighted by molar-refractivity contribution is 5.83. The fourth-order valence-corrected chi connectivity index (χ4v) is 3.05. The fourth-order valence-electron chi connectivity index (χ4n) is 3.05. The zero-order valence-electron chi connectivity index (χ0n) is 13.6. The summed E-state index contributed by atoms with van der Waals surface area (Å²) in [4.78, 5) is 22.2. The highest BCUT2D eigenvalue weighted by Gasteiger charge is 2.62. The SMILES string of the molecule is CC(C)(C(=O)N1OCC[C@H]1c1cncc(C#N)c1)C(F)(F)C1CC1. The van der Waals surface area contributed by atoms with E-state index in [1.165, 1.54) is 26.2 Å². The lowest BCUT2D eigenvalue weighted by atomic mass is 9.81. The summed E-state index contributed by atoms with van der Waals surface area (Å²) in [6.45, 7) is 2.81. The van der Waals surface area contributed by atoms with Crippen LogP contribution in [0.5, 0.6) is 0 Å². The van der Waals surface area contributed by atoms with Crippen molar-refractivity contribution in [2.24, 2.45) is 11.3 Å². The summed E-state index contributed by atoms with van der Waals surface area (Å²) in [5.41, 5.74) is -0.878. The number of hydroxylamine groups is 2. The van der Waals surface area contributed by atoms with Crippen molar-refractivity contribution in [1.29, 1.82) is 5.26 Å². The number of hydrogen-bond acceptors (Lipinski definition) is 4. The standard InChI is InChI=1S/C17H19F2N3O2/c1-16(2,17(18,19)13-3-4-13)15(23)22-14(5-6-24-22)12-7-11(8-20)9-21-10-12/h7,9-10,13-14H,3-6H2,1-2H3/t14-/m0/s1. The Morgan fingerprint density at radius 2 is 2.08 bits per heavy atom. The topological polar surface area (TPSA) is 66.2 Å². The van der Waals surface area contributed by atoms with Crippen molar-refractivity contribution in [2.75, 3.05) is 6.61 Å². The van der Waals surface area contributed by atoms with Gasteiger partial charge in [0.15, 0.2) is 0 Å². The van der Waals surface area contributed by atoms with Gasteiger partial charge in [-0.15, -0.1) is 0 Å². The van der Waals surface area contributed by atoms with Crippen LogP contribution in [0.25, 0.3) is 0 Å². The van der Waals surface area contributed by atoms with Gasteiger partial charge in [0.2, 0.25) is 0 Å². The highest BCUT2D eigenvalue weighted by atomic mass is 19.3. The molecular formula is C17H19F2N3O2. The van der Waals surface area contributed by atoms with Crippen LogP contribution in [0.3, 0.4) is 0 Å². The summed E-state index contributed by atoms with van der Waals surface area (Å²) in [7, 11) is 0. The maximum atomic E-state index is 14.6. The highest BCUT2D eigenvalue weighted by Crippen LogP contribution is 2.54. The molecule has 1 aliphatic carbocycles. The Bertz CT molecular complexity index is 695. The molecule has 2 fully saturated rings. The Hall–Kier alpha value is -2.07. The van der Waals surface area contributed by atoms with Gasteiger partial charge in [-0.1, -0.05) is 0 Å². The second kappa shape index (κ2) is 5.78. The molecule has 3 rings (SSSR count). The third kappa shape index (κ3) is 2.65. The van der Waals surface area contributed by atoms with E-state index < -0.39 is 29.2 Å². The molecular weight excluding hydrogens is 316 g/mol. The van der Waals surface area contributed by atoms with Crippen molar-refractivity contribution in [3.8, 4) is 6.07 Å². The van der Waals surface area contributed by atoms with Crippen LogP contribution in [0, 0.1) is 22.7 Å². The Labute approximate surface area is 139 Å². The molecule has 5 nitrogen and oxygen atoms in total. The molecule has 1 saturated carbocycles. The van der Waals surface area contributed by atoms with E-state index in [2.05, 4.69) is 4.98 Å². The molecule has 0 unspecified atom stereocenters. The molecule has 0 N–H and O–H groups in total. The van der Waals surface area contributed by atoms with Crippen LogP contribution >= 0.6 is 0 Å². The van der Waals surface area contributed by atoms with Crippen LogP contribution < -0.4 is 0 Å². The number of nitriles is 1. The van der Waals surface area contributed by atoms with Crippen molar-refractivity contribution in [3.63, 3.8) is 0 Å². The van der Waals surface area contributed by atoms with E-state index in [-0.39, 0.29) is 6.61 Å². The van der Waals surface area contributed by atoms with Crippen LogP contribution in [-0.4, -0.2) is 28.5 Å². The van der Waals surface area contributed by atoms with Gasteiger partial charge in [0.25, 0.3) is 11.8 Å². The number of carbonyl (C=O) groups is 1. The van der Waals surface area contributed by atoms with Gasteiger partial charge in [-0.05, 0) is 38.3 Å². The minimum atomic E-state index is -3.08. The Balaban J connectivity index is 1.87. The predicted molar refractivity (Wildman–Crippen MR) is 80.6 cm³/mol. The van der Waals surface area contributed by atoms with E-state index >= 15 is 0 Å². The van der Waals surface area contributed by atoms with E-state index in [4.69, 9.17) is 10.1 Å². The number of aromatic nitrogens is 1. The normalized spacial score (nSPS) is 21.6. The predicted octanol–water partition coefficient (Wildman–Crippen LogP) is 3.23. The maximum absolute atomic E-state index is 14.6. The number of hydrogen-bond donors (Lipinski definition) is 0. The van der Waals surface area contributed by atoms with E-state index in [0.717, 1.165) is 5.06 Å². The second-order valence-electron chi connectivity index (χ2n) is 6.91. The Morgan fingerprint density at radius 1 is 1.38 bits per heavy atom. The molecule has 0 bridgehead atoms. The van der Waals surface area contributed by atoms with Gasteiger partial charge in [0.1, 0.15) is 11.5 Å². The fraction of sp³-hybridized carbons (Fsp3) is 0.588. The summed E-state index contributed by atoms with van der Waals surface area (Å²) >= 11 is 0. The molecule has 0 aromatic carbocycles. The van der Waals surface area contributed by atoms with Crippen molar-refractivity contribution in [1.82, 2.24) is 10.0 Å². The van der Waals surface area contributed by atoms with Gasteiger partial charge in [0.05, 0.1) is 18.2 Å². The van der Waals surface area contributed by atoms with Gasteiger partial charge < -0.3 is 0 Å². The van der Waals surface area contributed by atoms with Gasteiger partial charge in [0, 0.05) is 24.7 Å².